The molecular formula is C25H28BrNO4. The fraction of sp³-hybridized carbons (Fsp3) is 0.360. The van der Waals surface area contributed by atoms with Gasteiger partial charge in [-0.2, -0.15) is 5.26 Å². The molecule has 0 aromatic heterocycles. The normalized spacial score (nSPS) is 11.0. The van der Waals surface area contributed by atoms with Gasteiger partial charge in [0.25, 0.3) is 0 Å². The molecule has 0 saturated heterocycles. The predicted molar refractivity (Wildman–Crippen MR) is 127 cm³/mol. The molecule has 0 aliphatic rings. The lowest BCUT2D eigenvalue weighted by atomic mass is 10.0. The van der Waals surface area contributed by atoms with E-state index in [0.29, 0.717) is 29.2 Å². The summed E-state index contributed by atoms with van der Waals surface area (Å²) in [5, 5.41) is 10.6. The van der Waals surface area contributed by atoms with E-state index in [1.165, 1.54) is 12.8 Å². The van der Waals surface area contributed by atoms with Gasteiger partial charge in [0, 0.05) is 11.8 Å². The summed E-state index contributed by atoms with van der Waals surface area (Å²) >= 11 is 3.42. The number of ether oxygens (including phenoxy) is 3. The number of hydrogen-bond donors (Lipinski definition) is 0. The summed E-state index contributed by atoms with van der Waals surface area (Å²) in [5.74, 6) is 1.48. The topological polar surface area (TPSA) is 68.5 Å². The molecule has 0 unspecified atom stereocenters. The number of carbonyl (C=O) groups is 1. The van der Waals surface area contributed by atoms with Crippen molar-refractivity contribution in [3.8, 4) is 23.3 Å². The average molecular weight is 486 g/mol. The third-order valence-electron chi connectivity index (χ3n) is 4.75. The first-order valence-electron chi connectivity index (χ1n) is 10.3. The van der Waals surface area contributed by atoms with Crippen molar-refractivity contribution < 1.29 is 19.0 Å². The van der Waals surface area contributed by atoms with E-state index in [0.717, 1.165) is 35.7 Å². The number of methoxy groups -OCH3 is 2. The molecule has 0 radical (unpaired) electrons. The molecule has 164 valence electrons. The van der Waals surface area contributed by atoms with Crippen LogP contribution in [0, 0.1) is 11.3 Å². The predicted octanol–water partition coefficient (Wildman–Crippen LogP) is 6.41. The number of allylic oxidation sites excluding steroid dienone is 1. The van der Waals surface area contributed by atoms with E-state index in [9.17, 15) is 10.1 Å². The molecule has 0 N–H and O–H groups in total. The van der Waals surface area contributed by atoms with E-state index in [2.05, 4.69) is 22.0 Å². The molecule has 5 nitrogen and oxygen atoms in total. The zero-order valence-electron chi connectivity index (χ0n) is 18.0. The van der Waals surface area contributed by atoms with Gasteiger partial charge >= 0.3 is 5.97 Å². The maximum absolute atomic E-state index is 12.0. The minimum Gasteiger partial charge on any atom is -0.493 e. The number of nitriles is 1. The van der Waals surface area contributed by atoms with Crippen LogP contribution in [0.25, 0.3) is 11.6 Å². The molecule has 0 amide bonds. The molecule has 2 rings (SSSR count). The Morgan fingerprint density at radius 3 is 2.29 bits per heavy atom. The van der Waals surface area contributed by atoms with Crippen LogP contribution in [0.15, 0.2) is 42.5 Å². The summed E-state index contributed by atoms with van der Waals surface area (Å²) in [6, 6.07) is 14.7. The number of rotatable bonds is 12. The third kappa shape index (κ3) is 8.10. The van der Waals surface area contributed by atoms with E-state index < -0.39 is 0 Å². The molecule has 0 bridgehead atoms. The highest BCUT2D eigenvalue weighted by molar-refractivity contribution is 9.09. The van der Waals surface area contributed by atoms with E-state index in [4.69, 9.17) is 14.2 Å². The number of hydrogen-bond acceptors (Lipinski definition) is 5. The fourth-order valence-corrected chi connectivity index (χ4v) is 3.47. The van der Waals surface area contributed by atoms with Gasteiger partial charge in [-0.1, -0.05) is 41.3 Å². The summed E-state index contributed by atoms with van der Waals surface area (Å²) in [5.41, 5.74) is 2.05. The maximum Gasteiger partial charge on any atom is 0.311 e. The van der Waals surface area contributed by atoms with Crippen LogP contribution in [0.4, 0.5) is 0 Å². The van der Waals surface area contributed by atoms with Gasteiger partial charge < -0.3 is 14.2 Å². The standard InChI is InChI=1S/C25H28BrNO4/c1-29-23-14-9-19(17-24(23)30-2)16-21(18-27)20-10-12-22(13-11-20)31-25(28)8-6-4-3-5-7-15-26/h9-14,16-17H,3-8,15H2,1-2H3/b21-16+. The van der Waals surface area contributed by atoms with E-state index in [-0.39, 0.29) is 5.97 Å². The van der Waals surface area contributed by atoms with Gasteiger partial charge in [-0.3, -0.25) is 4.79 Å². The van der Waals surface area contributed by atoms with Crippen molar-refractivity contribution in [2.24, 2.45) is 0 Å². The summed E-state index contributed by atoms with van der Waals surface area (Å²) < 4.78 is 16.0. The van der Waals surface area contributed by atoms with Crippen LogP contribution in [0.1, 0.15) is 49.7 Å². The minimum atomic E-state index is -0.227. The lowest BCUT2D eigenvalue weighted by molar-refractivity contribution is -0.134. The van der Waals surface area contributed by atoms with Gasteiger partial charge in [0.15, 0.2) is 11.5 Å². The molecule has 0 fully saturated rings. The fourth-order valence-electron chi connectivity index (χ4n) is 3.07. The van der Waals surface area contributed by atoms with Crippen molar-refractivity contribution >= 4 is 33.5 Å². The van der Waals surface area contributed by atoms with Crippen molar-refractivity contribution in [2.75, 3.05) is 19.5 Å². The Morgan fingerprint density at radius 2 is 1.65 bits per heavy atom. The zero-order chi connectivity index (χ0) is 22.5. The van der Waals surface area contributed by atoms with Gasteiger partial charge in [-0.05, 0) is 66.4 Å². The lowest BCUT2D eigenvalue weighted by Gasteiger charge is -2.08. The number of benzene rings is 2. The van der Waals surface area contributed by atoms with E-state index >= 15 is 0 Å². The zero-order valence-corrected chi connectivity index (χ0v) is 19.6. The van der Waals surface area contributed by atoms with Crippen molar-refractivity contribution in [1.82, 2.24) is 0 Å². The second-order valence-electron chi connectivity index (χ2n) is 6.99. The summed E-state index contributed by atoms with van der Waals surface area (Å²) in [6.07, 6.45) is 7.55. The Bertz CT molecular complexity index is 916. The van der Waals surface area contributed by atoms with Gasteiger partial charge in [0.1, 0.15) is 5.75 Å². The van der Waals surface area contributed by atoms with Crippen molar-refractivity contribution in [1.29, 1.82) is 5.26 Å². The first-order valence-corrected chi connectivity index (χ1v) is 11.4. The van der Waals surface area contributed by atoms with Crippen molar-refractivity contribution in [3.63, 3.8) is 0 Å². The lowest BCUT2D eigenvalue weighted by Crippen LogP contribution is -2.07. The molecule has 0 aliphatic carbocycles. The number of nitrogens with zero attached hydrogens (tertiary/aromatic N) is 1. The molecule has 31 heavy (non-hydrogen) atoms. The Hall–Kier alpha value is -2.78. The molecule has 0 atom stereocenters. The van der Waals surface area contributed by atoms with Crippen LogP contribution < -0.4 is 14.2 Å². The van der Waals surface area contributed by atoms with E-state index in [1.807, 2.05) is 12.1 Å². The van der Waals surface area contributed by atoms with Gasteiger partial charge in [0.2, 0.25) is 0 Å². The molecule has 0 aliphatic heterocycles. The summed E-state index contributed by atoms with van der Waals surface area (Å²) in [6.45, 7) is 0. The molecule has 0 spiro atoms. The molecule has 0 heterocycles. The number of carbonyl (C=O) groups excluding carboxylic acids is 1. The molecule has 2 aromatic rings. The highest BCUT2D eigenvalue weighted by atomic mass is 79.9. The van der Waals surface area contributed by atoms with Crippen LogP contribution in [0.3, 0.4) is 0 Å². The third-order valence-corrected chi connectivity index (χ3v) is 5.31. The summed E-state index contributed by atoms with van der Waals surface area (Å²) in [7, 11) is 3.15. The summed E-state index contributed by atoms with van der Waals surface area (Å²) in [4.78, 5) is 12.0. The minimum absolute atomic E-state index is 0.227. The largest absolute Gasteiger partial charge is 0.493 e. The highest BCUT2D eigenvalue weighted by Gasteiger charge is 2.08. The van der Waals surface area contributed by atoms with Gasteiger partial charge in [0.05, 0.1) is 25.9 Å². The molecular weight excluding hydrogens is 458 g/mol. The van der Waals surface area contributed by atoms with Crippen LogP contribution >= 0.6 is 15.9 Å². The van der Waals surface area contributed by atoms with Crippen LogP contribution in [-0.2, 0) is 4.79 Å². The SMILES string of the molecule is COc1ccc(/C=C(\C#N)c2ccc(OC(=O)CCCCCCCBr)cc2)cc1OC. The first-order chi connectivity index (χ1) is 15.1. The monoisotopic (exact) mass is 485 g/mol. The number of esters is 1. The quantitative estimate of drug-likeness (QED) is 0.0866. The Balaban J connectivity index is 1.97. The maximum atomic E-state index is 12.0. The molecule has 2 aromatic carbocycles. The Kier molecular flexibility index (Phi) is 10.7. The van der Waals surface area contributed by atoms with Crippen molar-refractivity contribution in [2.45, 2.75) is 38.5 Å². The Labute approximate surface area is 192 Å². The van der Waals surface area contributed by atoms with Crippen LogP contribution in [0.2, 0.25) is 0 Å². The number of unbranched alkanes of at least 4 members (excludes halogenated alkanes) is 4. The van der Waals surface area contributed by atoms with E-state index in [1.54, 1.807) is 50.6 Å². The second kappa shape index (κ2) is 13.5. The Morgan fingerprint density at radius 1 is 0.968 bits per heavy atom. The number of halogens is 1. The first kappa shape index (κ1) is 24.5. The van der Waals surface area contributed by atoms with Crippen molar-refractivity contribution in [3.05, 3.63) is 53.6 Å². The average Bonchev–Trinajstić information content (AvgIpc) is 2.80. The van der Waals surface area contributed by atoms with Crippen LogP contribution in [-0.4, -0.2) is 25.5 Å². The second-order valence-corrected chi connectivity index (χ2v) is 7.78. The van der Waals surface area contributed by atoms with Crippen LogP contribution in [0.5, 0.6) is 17.2 Å². The highest BCUT2D eigenvalue weighted by Crippen LogP contribution is 2.29. The molecule has 6 heteroatoms. The van der Waals surface area contributed by atoms with Gasteiger partial charge in [-0.25, -0.2) is 0 Å². The number of alkyl halides is 1. The smallest absolute Gasteiger partial charge is 0.311 e. The van der Waals surface area contributed by atoms with Gasteiger partial charge in [-0.15, -0.1) is 0 Å². The molecule has 0 saturated carbocycles.